The van der Waals surface area contributed by atoms with Crippen molar-refractivity contribution in [1.29, 1.82) is 0 Å². The minimum atomic E-state index is -0.105. The van der Waals surface area contributed by atoms with E-state index in [1.807, 2.05) is 6.08 Å². The van der Waals surface area contributed by atoms with Crippen molar-refractivity contribution >= 4 is 5.78 Å². The summed E-state index contributed by atoms with van der Waals surface area (Å²) in [5.74, 6) is 2.89. The molecule has 0 aliphatic heterocycles. The Bertz CT molecular complexity index is 504. The molecule has 0 unspecified atom stereocenters. The van der Waals surface area contributed by atoms with Crippen LogP contribution < -0.4 is 0 Å². The van der Waals surface area contributed by atoms with Crippen molar-refractivity contribution in [2.45, 2.75) is 51.6 Å². The Morgan fingerprint density at radius 2 is 2.10 bits per heavy atom. The summed E-state index contributed by atoms with van der Waals surface area (Å²) >= 11 is 0. The van der Waals surface area contributed by atoms with Crippen molar-refractivity contribution < 1.29 is 9.90 Å². The Morgan fingerprint density at radius 1 is 1.25 bits per heavy atom. The molecule has 4 aliphatic rings. The Balaban J connectivity index is 1.69. The van der Waals surface area contributed by atoms with Gasteiger partial charge in [0.1, 0.15) is 0 Å². The number of hydrogen-bond donors (Lipinski definition) is 1. The van der Waals surface area contributed by atoms with Crippen molar-refractivity contribution in [2.75, 3.05) is 0 Å². The smallest absolute Gasteiger partial charge is 0.155 e. The standard InChI is InChI=1S/C18H24O2/c1-18-9-8-14-13-5-3-12(19)10-11(13)2-4-15(14)16(18)6-7-17(18)20/h2,4,10,13-17,20H,3,5-9H2,1H3/t13-,14+,15+,16-,17+,18+/m1/s1. The highest BCUT2D eigenvalue weighted by Gasteiger charge is 2.54. The second-order valence-corrected chi connectivity index (χ2v) is 7.60. The maximum atomic E-state index is 11.6. The first-order valence-corrected chi connectivity index (χ1v) is 8.20. The number of ketones is 1. The van der Waals surface area contributed by atoms with Gasteiger partial charge in [-0.25, -0.2) is 0 Å². The summed E-state index contributed by atoms with van der Waals surface area (Å²) < 4.78 is 0. The van der Waals surface area contributed by atoms with Crippen LogP contribution in [0, 0.1) is 29.1 Å². The second kappa shape index (κ2) is 4.30. The number of aliphatic hydroxyl groups excluding tert-OH is 1. The third kappa shape index (κ3) is 1.64. The highest BCUT2D eigenvalue weighted by molar-refractivity contribution is 5.91. The lowest BCUT2D eigenvalue weighted by atomic mass is 9.54. The Hall–Kier alpha value is -0.890. The fourth-order valence-corrected chi connectivity index (χ4v) is 5.63. The Kier molecular flexibility index (Phi) is 2.76. The maximum absolute atomic E-state index is 11.6. The van der Waals surface area contributed by atoms with Crippen LogP contribution in [0.1, 0.15) is 45.4 Å². The van der Waals surface area contributed by atoms with E-state index in [1.165, 1.54) is 18.4 Å². The van der Waals surface area contributed by atoms with Gasteiger partial charge in [-0.3, -0.25) is 4.79 Å². The molecule has 4 rings (SSSR count). The number of hydrogen-bond acceptors (Lipinski definition) is 2. The van der Waals surface area contributed by atoms with Gasteiger partial charge in [-0.2, -0.15) is 0 Å². The number of carbonyl (C=O) groups excluding carboxylic acids is 1. The monoisotopic (exact) mass is 272 g/mol. The van der Waals surface area contributed by atoms with Gasteiger partial charge in [0.25, 0.3) is 0 Å². The highest BCUT2D eigenvalue weighted by atomic mass is 16.3. The van der Waals surface area contributed by atoms with E-state index in [2.05, 4.69) is 19.1 Å². The molecule has 0 aromatic heterocycles. The number of aliphatic hydroxyl groups is 1. The van der Waals surface area contributed by atoms with Crippen LogP contribution in [0.3, 0.4) is 0 Å². The average molecular weight is 272 g/mol. The molecular formula is C18H24O2. The number of rotatable bonds is 0. The van der Waals surface area contributed by atoms with Gasteiger partial charge in [0.2, 0.25) is 0 Å². The van der Waals surface area contributed by atoms with Gasteiger partial charge in [-0.1, -0.05) is 19.1 Å². The third-order valence-corrected chi connectivity index (χ3v) is 6.82. The maximum Gasteiger partial charge on any atom is 0.155 e. The van der Waals surface area contributed by atoms with Crippen LogP contribution in [0.2, 0.25) is 0 Å². The van der Waals surface area contributed by atoms with Crippen LogP contribution in [0.5, 0.6) is 0 Å². The molecule has 2 saturated carbocycles. The predicted octanol–water partition coefficient (Wildman–Crippen LogP) is 3.27. The molecule has 0 spiro atoms. The Labute approximate surface area is 120 Å². The lowest BCUT2D eigenvalue weighted by Crippen LogP contribution is -2.46. The first kappa shape index (κ1) is 12.8. The van der Waals surface area contributed by atoms with Crippen LogP contribution in [0.15, 0.2) is 23.8 Å². The van der Waals surface area contributed by atoms with E-state index in [1.54, 1.807) is 0 Å². The van der Waals surface area contributed by atoms with E-state index in [-0.39, 0.29) is 11.5 Å². The number of allylic oxidation sites excluding steroid dienone is 4. The zero-order valence-corrected chi connectivity index (χ0v) is 12.2. The molecule has 4 aliphatic carbocycles. The Morgan fingerprint density at radius 3 is 2.95 bits per heavy atom. The molecule has 0 amide bonds. The van der Waals surface area contributed by atoms with Crippen LogP contribution in [0.4, 0.5) is 0 Å². The molecule has 2 nitrogen and oxygen atoms in total. The van der Waals surface area contributed by atoms with E-state index in [0.717, 1.165) is 25.7 Å². The van der Waals surface area contributed by atoms with Gasteiger partial charge in [0.05, 0.1) is 6.10 Å². The van der Waals surface area contributed by atoms with Crippen molar-refractivity contribution in [2.24, 2.45) is 29.1 Å². The van der Waals surface area contributed by atoms with E-state index in [4.69, 9.17) is 0 Å². The molecule has 20 heavy (non-hydrogen) atoms. The first-order chi connectivity index (χ1) is 9.59. The van der Waals surface area contributed by atoms with Crippen molar-refractivity contribution in [3.05, 3.63) is 23.8 Å². The minimum Gasteiger partial charge on any atom is -0.393 e. The predicted molar refractivity (Wildman–Crippen MR) is 78.0 cm³/mol. The topological polar surface area (TPSA) is 37.3 Å². The van der Waals surface area contributed by atoms with Crippen LogP contribution in [-0.4, -0.2) is 17.0 Å². The normalized spacial score (nSPS) is 50.2. The summed E-state index contributed by atoms with van der Waals surface area (Å²) in [6, 6.07) is 0. The summed E-state index contributed by atoms with van der Waals surface area (Å²) in [6.45, 7) is 2.30. The van der Waals surface area contributed by atoms with Crippen molar-refractivity contribution in [3.63, 3.8) is 0 Å². The van der Waals surface area contributed by atoms with E-state index in [9.17, 15) is 9.90 Å². The zero-order valence-electron chi connectivity index (χ0n) is 12.2. The molecule has 108 valence electrons. The molecule has 6 atom stereocenters. The SMILES string of the molecule is C[C@]12CC[C@@H]3[C@H](C=CC4=CC(=O)CC[C@H]43)[C@H]1CC[C@@H]2O. The largest absolute Gasteiger partial charge is 0.393 e. The molecule has 0 bridgehead atoms. The molecule has 0 radical (unpaired) electrons. The van der Waals surface area contributed by atoms with Gasteiger partial charge < -0.3 is 5.11 Å². The molecular weight excluding hydrogens is 248 g/mol. The minimum absolute atomic E-state index is 0.105. The van der Waals surface area contributed by atoms with E-state index in [0.29, 0.717) is 29.5 Å². The molecule has 0 saturated heterocycles. The number of fused-ring (bicyclic) bond motifs is 5. The molecule has 0 aromatic rings. The third-order valence-electron chi connectivity index (χ3n) is 6.82. The molecule has 0 heterocycles. The van der Waals surface area contributed by atoms with Crippen LogP contribution in [-0.2, 0) is 4.79 Å². The van der Waals surface area contributed by atoms with E-state index < -0.39 is 0 Å². The molecule has 1 N–H and O–H groups in total. The molecule has 2 heteroatoms. The van der Waals surface area contributed by atoms with Gasteiger partial charge in [0, 0.05) is 6.42 Å². The van der Waals surface area contributed by atoms with Crippen molar-refractivity contribution in [1.82, 2.24) is 0 Å². The summed E-state index contributed by atoms with van der Waals surface area (Å²) in [5, 5.41) is 10.4. The molecule has 0 aromatic carbocycles. The first-order valence-electron chi connectivity index (χ1n) is 8.20. The van der Waals surface area contributed by atoms with Gasteiger partial charge >= 0.3 is 0 Å². The second-order valence-electron chi connectivity index (χ2n) is 7.60. The summed E-state index contributed by atoms with van der Waals surface area (Å²) in [6.07, 6.45) is 12.7. The van der Waals surface area contributed by atoms with Crippen molar-refractivity contribution in [3.8, 4) is 0 Å². The van der Waals surface area contributed by atoms with Gasteiger partial charge in [-0.05, 0) is 72.8 Å². The van der Waals surface area contributed by atoms with Crippen LogP contribution in [0.25, 0.3) is 0 Å². The fourth-order valence-electron chi connectivity index (χ4n) is 5.63. The lowest BCUT2D eigenvalue weighted by Gasteiger charge is -2.51. The molecule has 2 fully saturated rings. The zero-order chi connectivity index (χ0) is 13.9. The lowest BCUT2D eigenvalue weighted by molar-refractivity contribution is -0.115. The van der Waals surface area contributed by atoms with Crippen LogP contribution >= 0.6 is 0 Å². The highest BCUT2D eigenvalue weighted by Crippen LogP contribution is 2.60. The summed E-state index contributed by atoms with van der Waals surface area (Å²) in [7, 11) is 0. The fraction of sp³-hybridized carbons (Fsp3) is 0.722. The summed E-state index contributed by atoms with van der Waals surface area (Å²) in [4.78, 5) is 11.6. The van der Waals surface area contributed by atoms with E-state index >= 15 is 0 Å². The summed E-state index contributed by atoms with van der Waals surface area (Å²) in [5.41, 5.74) is 1.42. The number of carbonyl (C=O) groups is 1. The van der Waals surface area contributed by atoms with Gasteiger partial charge in [-0.15, -0.1) is 0 Å². The average Bonchev–Trinajstić information content (AvgIpc) is 2.74. The van der Waals surface area contributed by atoms with Gasteiger partial charge in [0.15, 0.2) is 5.78 Å². The quantitative estimate of drug-likeness (QED) is 0.735.